The van der Waals surface area contributed by atoms with Gasteiger partial charge in [-0.3, -0.25) is 9.69 Å². The normalized spacial score (nSPS) is 17.2. The fraction of sp³-hybridized carbons (Fsp3) is 0.588. The molecule has 0 spiro atoms. The first-order valence-electron chi connectivity index (χ1n) is 8.06. The van der Waals surface area contributed by atoms with E-state index in [2.05, 4.69) is 35.3 Å². The highest BCUT2D eigenvalue weighted by Crippen LogP contribution is 2.21. The Bertz CT molecular complexity index is 505. The topological polar surface area (TPSA) is 64.6 Å². The van der Waals surface area contributed by atoms with Crippen molar-refractivity contribution in [3.05, 3.63) is 34.9 Å². The molecule has 1 aromatic rings. The van der Waals surface area contributed by atoms with E-state index in [0.29, 0.717) is 0 Å². The third-order valence-corrected chi connectivity index (χ3v) is 4.24. The lowest BCUT2D eigenvalue weighted by Crippen LogP contribution is -2.45. The number of fused-ring (bicyclic) bond motifs is 1. The second-order valence-corrected chi connectivity index (χ2v) is 6.21. The maximum Gasteiger partial charge on any atom is 0.236 e. The van der Waals surface area contributed by atoms with Crippen molar-refractivity contribution in [2.75, 3.05) is 19.6 Å². The van der Waals surface area contributed by atoms with Crippen LogP contribution in [0, 0.1) is 6.92 Å². The summed E-state index contributed by atoms with van der Waals surface area (Å²) in [6.07, 6.45) is 3.56. The minimum absolute atomic E-state index is 0.0627. The van der Waals surface area contributed by atoms with Gasteiger partial charge >= 0.3 is 0 Å². The number of aryl methyl sites for hydroxylation is 2. The number of benzene rings is 1. The molecule has 0 radical (unpaired) electrons. The highest BCUT2D eigenvalue weighted by molar-refractivity contribution is 5.78. The molecule has 0 saturated carbocycles. The molecule has 0 unspecified atom stereocenters. The van der Waals surface area contributed by atoms with Gasteiger partial charge in [0.1, 0.15) is 0 Å². The molecule has 3 N–H and O–H groups in total. The van der Waals surface area contributed by atoms with Crippen molar-refractivity contribution in [2.45, 2.75) is 45.7 Å². The van der Waals surface area contributed by atoms with Crippen molar-refractivity contribution < 1.29 is 10.0 Å². The number of rotatable bonds is 5. The molecule has 5 heteroatoms. The summed E-state index contributed by atoms with van der Waals surface area (Å²) in [5, 5.41) is 11.5. The minimum Gasteiger partial charge on any atom is -0.351 e. The van der Waals surface area contributed by atoms with Gasteiger partial charge in [0.05, 0.1) is 6.54 Å². The molecule has 122 valence electrons. The van der Waals surface area contributed by atoms with Gasteiger partial charge in [-0.05, 0) is 56.3 Å². The summed E-state index contributed by atoms with van der Waals surface area (Å²) < 4.78 is 0. The Hall–Kier alpha value is -1.43. The molecule has 0 fully saturated rings. The van der Waals surface area contributed by atoms with Gasteiger partial charge in [-0.2, -0.15) is 5.48 Å². The number of carbonyl (C=O) groups excluding carboxylic acids is 1. The zero-order valence-electron chi connectivity index (χ0n) is 13.6. The Morgan fingerprint density at radius 1 is 1.41 bits per heavy atom. The lowest BCUT2D eigenvalue weighted by Gasteiger charge is -2.29. The van der Waals surface area contributed by atoms with E-state index >= 15 is 0 Å². The average molecular weight is 305 g/mol. The van der Waals surface area contributed by atoms with Crippen LogP contribution in [0.4, 0.5) is 0 Å². The third kappa shape index (κ3) is 4.80. The molecule has 1 atom stereocenters. The number of amides is 1. The van der Waals surface area contributed by atoms with Gasteiger partial charge in [0, 0.05) is 19.1 Å². The first kappa shape index (κ1) is 16.9. The molecule has 5 nitrogen and oxygen atoms in total. The molecule has 0 aliphatic carbocycles. The summed E-state index contributed by atoms with van der Waals surface area (Å²) in [4.78, 5) is 13.9. The minimum atomic E-state index is -0.182. The van der Waals surface area contributed by atoms with Gasteiger partial charge < -0.3 is 10.5 Å². The molecule has 1 heterocycles. The molecule has 1 amide bonds. The van der Waals surface area contributed by atoms with Crippen LogP contribution in [0.5, 0.6) is 0 Å². The van der Waals surface area contributed by atoms with E-state index in [9.17, 15) is 4.79 Å². The second kappa shape index (κ2) is 8.27. The van der Waals surface area contributed by atoms with Gasteiger partial charge in [0.15, 0.2) is 0 Å². The van der Waals surface area contributed by atoms with Crippen molar-refractivity contribution in [3.8, 4) is 0 Å². The van der Waals surface area contributed by atoms with Gasteiger partial charge in [0.25, 0.3) is 0 Å². The number of carbonyl (C=O) groups is 1. The summed E-state index contributed by atoms with van der Waals surface area (Å²) in [6, 6.07) is 6.62. The molecule has 0 saturated heterocycles. The standard InChI is InChI=1S/C17H27N3O2/c1-13-6-5-8-15-7-3-4-9-20(12-16(13)15)11-14(2)19-17(21)10-18-22/h5-6,8,14,18,22H,3-4,7,9-12H2,1-2H3,(H,19,21)/t14-/m0/s1. The van der Waals surface area contributed by atoms with Crippen molar-refractivity contribution in [3.63, 3.8) is 0 Å². The van der Waals surface area contributed by atoms with Crippen molar-refractivity contribution in [2.24, 2.45) is 0 Å². The summed E-state index contributed by atoms with van der Waals surface area (Å²) >= 11 is 0. The number of hydrogen-bond donors (Lipinski definition) is 3. The maximum atomic E-state index is 11.5. The lowest BCUT2D eigenvalue weighted by molar-refractivity contribution is -0.122. The summed E-state index contributed by atoms with van der Waals surface area (Å²) in [5.41, 5.74) is 6.15. The van der Waals surface area contributed by atoms with Crippen LogP contribution in [-0.4, -0.2) is 41.7 Å². The predicted molar refractivity (Wildman–Crippen MR) is 86.8 cm³/mol. The van der Waals surface area contributed by atoms with E-state index in [1.54, 1.807) is 0 Å². The van der Waals surface area contributed by atoms with E-state index in [4.69, 9.17) is 5.21 Å². The van der Waals surface area contributed by atoms with Crippen molar-refractivity contribution in [1.82, 2.24) is 15.7 Å². The Morgan fingerprint density at radius 2 is 2.23 bits per heavy atom. The lowest BCUT2D eigenvalue weighted by atomic mass is 9.95. The highest BCUT2D eigenvalue weighted by atomic mass is 16.5. The average Bonchev–Trinajstić information content (AvgIpc) is 2.43. The SMILES string of the molecule is Cc1cccc2c1CN(C[C@H](C)NC(=O)CNO)CCCC2. The fourth-order valence-corrected chi connectivity index (χ4v) is 3.16. The van der Waals surface area contributed by atoms with E-state index in [-0.39, 0.29) is 18.5 Å². The molecule has 2 rings (SSSR count). The van der Waals surface area contributed by atoms with Crippen LogP contribution in [0.2, 0.25) is 0 Å². The van der Waals surface area contributed by atoms with Crippen LogP contribution in [-0.2, 0) is 17.8 Å². The summed E-state index contributed by atoms with van der Waals surface area (Å²) in [7, 11) is 0. The third-order valence-electron chi connectivity index (χ3n) is 4.24. The van der Waals surface area contributed by atoms with Crippen LogP contribution in [0.3, 0.4) is 0 Å². The zero-order chi connectivity index (χ0) is 15.9. The molecule has 1 aliphatic rings. The van der Waals surface area contributed by atoms with Crippen LogP contribution in [0.25, 0.3) is 0 Å². The largest absolute Gasteiger partial charge is 0.351 e. The van der Waals surface area contributed by atoms with Crippen LogP contribution < -0.4 is 10.8 Å². The van der Waals surface area contributed by atoms with Crippen molar-refractivity contribution in [1.29, 1.82) is 0 Å². The quantitative estimate of drug-likeness (QED) is 0.723. The Kier molecular flexibility index (Phi) is 6.36. The van der Waals surface area contributed by atoms with Gasteiger partial charge in [-0.15, -0.1) is 0 Å². The number of nitrogens with one attached hydrogen (secondary N) is 2. The summed E-state index contributed by atoms with van der Waals surface area (Å²) in [6.45, 7) is 6.95. The summed E-state index contributed by atoms with van der Waals surface area (Å²) in [5.74, 6) is -0.182. The fourth-order valence-electron chi connectivity index (χ4n) is 3.16. The van der Waals surface area contributed by atoms with E-state index in [0.717, 1.165) is 19.6 Å². The van der Waals surface area contributed by atoms with Crippen LogP contribution in [0.1, 0.15) is 36.5 Å². The smallest absolute Gasteiger partial charge is 0.236 e. The van der Waals surface area contributed by atoms with Gasteiger partial charge in [0.2, 0.25) is 5.91 Å². The highest BCUT2D eigenvalue weighted by Gasteiger charge is 2.17. The zero-order valence-corrected chi connectivity index (χ0v) is 13.6. The first-order chi connectivity index (χ1) is 10.6. The second-order valence-electron chi connectivity index (χ2n) is 6.21. The van der Waals surface area contributed by atoms with Crippen LogP contribution in [0.15, 0.2) is 18.2 Å². The van der Waals surface area contributed by atoms with E-state index < -0.39 is 0 Å². The number of hydroxylamine groups is 1. The molecule has 22 heavy (non-hydrogen) atoms. The first-order valence-corrected chi connectivity index (χ1v) is 8.06. The monoisotopic (exact) mass is 305 g/mol. The molecular formula is C17H27N3O2. The molecule has 1 aliphatic heterocycles. The molecular weight excluding hydrogens is 278 g/mol. The maximum absolute atomic E-state index is 11.5. The van der Waals surface area contributed by atoms with Crippen LogP contribution >= 0.6 is 0 Å². The molecule has 0 bridgehead atoms. The molecule has 1 aromatic carbocycles. The molecule has 0 aromatic heterocycles. The predicted octanol–water partition coefficient (Wildman–Crippen LogP) is 1.62. The van der Waals surface area contributed by atoms with Gasteiger partial charge in [-0.25, -0.2) is 0 Å². The Balaban J connectivity index is 1.99. The number of nitrogens with zero attached hydrogens (tertiary/aromatic N) is 1. The van der Waals surface area contributed by atoms with E-state index in [1.807, 2.05) is 12.4 Å². The van der Waals surface area contributed by atoms with Gasteiger partial charge in [-0.1, -0.05) is 18.2 Å². The number of hydrogen-bond acceptors (Lipinski definition) is 4. The van der Waals surface area contributed by atoms with Crippen molar-refractivity contribution >= 4 is 5.91 Å². The Morgan fingerprint density at radius 3 is 3.00 bits per heavy atom. The van der Waals surface area contributed by atoms with E-state index in [1.165, 1.54) is 36.0 Å². The Labute approximate surface area is 132 Å².